The van der Waals surface area contributed by atoms with Gasteiger partial charge in [-0.1, -0.05) is 0 Å². The van der Waals surface area contributed by atoms with Crippen molar-refractivity contribution < 1.29 is 22.0 Å². The summed E-state index contributed by atoms with van der Waals surface area (Å²) in [4.78, 5) is 11.8. The Labute approximate surface area is 208 Å². The van der Waals surface area contributed by atoms with Crippen LogP contribution in [0.15, 0.2) is 88.3 Å². The van der Waals surface area contributed by atoms with Gasteiger partial charge in [0.1, 0.15) is 11.8 Å². The molecule has 0 radical (unpaired) electrons. The molecule has 0 spiro atoms. The largest absolute Gasteiger partial charge is 0.472 e. The van der Waals surface area contributed by atoms with E-state index >= 15 is 0 Å². The SMILES string of the molecule is N#Cc1cc(S(=O)(=O)Nc2nccs2)ccc1Oc1cnc(-c2ccc(F)nc2)cc1-c1ccoc1. The van der Waals surface area contributed by atoms with E-state index in [4.69, 9.17) is 9.15 Å². The number of nitrogens with one attached hydrogen (secondary N) is 1. The molecule has 1 N–H and O–H groups in total. The predicted molar refractivity (Wildman–Crippen MR) is 129 cm³/mol. The molecule has 178 valence electrons. The highest BCUT2D eigenvalue weighted by Crippen LogP contribution is 2.37. The minimum atomic E-state index is -3.95. The Hall–Kier alpha value is -4.60. The van der Waals surface area contributed by atoms with E-state index in [9.17, 15) is 18.1 Å². The second-order valence-corrected chi connectivity index (χ2v) is 9.84. The molecule has 0 atom stereocenters. The Morgan fingerprint density at radius 3 is 2.61 bits per heavy atom. The first-order valence-corrected chi connectivity index (χ1v) is 12.6. The maximum absolute atomic E-state index is 13.2. The summed E-state index contributed by atoms with van der Waals surface area (Å²) in [6, 6.07) is 12.1. The van der Waals surface area contributed by atoms with Crippen LogP contribution < -0.4 is 9.46 Å². The molecule has 12 heteroatoms. The van der Waals surface area contributed by atoms with Crippen LogP contribution in [0.1, 0.15) is 5.56 Å². The van der Waals surface area contributed by atoms with Crippen molar-refractivity contribution in [3.8, 4) is 40.0 Å². The lowest BCUT2D eigenvalue weighted by Crippen LogP contribution is -2.13. The average molecular weight is 520 g/mol. The lowest BCUT2D eigenvalue weighted by atomic mass is 10.1. The minimum absolute atomic E-state index is 0.00182. The standard InChI is InChI=1S/C24H14FN5O4S2/c25-23-4-1-15(12-29-23)20-10-19(16-5-7-33-14-16)22(13-28-20)34-21-3-2-18(9-17(21)11-26)36(31,32)30-24-27-6-8-35-24/h1-10,12-14H,(H,27,30). The second-order valence-electron chi connectivity index (χ2n) is 7.26. The fourth-order valence-corrected chi connectivity index (χ4v) is 5.09. The number of aromatic nitrogens is 3. The van der Waals surface area contributed by atoms with Gasteiger partial charge in [0, 0.05) is 34.5 Å². The van der Waals surface area contributed by atoms with Crippen LogP contribution >= 0.6 is 11.3 Å². The first kappa shape index (κ1) is 23.2. The summed E-state index contributed by atoms with van der Waals surface area (Å²) in [6.07, 6.45) is 7.30. The van der Waals surface area contributed by atoms with E-state index < -0.39 is 16.0 Å². The quantitative estimate of drug-likeness (QED) is 0.280. The van der Waals surface area contributed by atoms with E-state index in [2.05, 4.69) is 19.7 Å². The Bertz CT molecular complexity index is 1670. The van der Waals surface area contributed by atoms with Gasteiger partial charge >= 0.3 is 0 Å². The highest BCUT2D eigenvalue weighted by molar-refractivity contribution is 7.93. The molecule has 0 unspecified atom stereocenters. The van der Waals surface area contributed by atoms with Crippen molar-refractivity contribution in [2.24, 2.45) is 0 Å². The van der Waals surface area contributed by atoms with Gasteiger partial charge in [0.15, 0.2) is 10.9 Å². The van der Waals surface area contributed by atoms with Crippen LogP contribution in [0.2, 0.25) is 0 Å². The molecule has 4 aromatic heterocycles. The van der Waals surface area contributed by atoms with Crippen LogP contribution in [0.5, 0.6) is 11.5 Å². The van der Waals surface area contributed by atoms with Crippen LogP contribution in [0.4, 0.5) is 9.52 Å². The third-order valence-electron chi connectivity index (χ3n) is 4.98. The lowest BCUT2D eigenvalue weighted by molar-refractivity contribution is 0.480. The number of sulfonamides is 1. The number of halogens is 1. The summed E-state index contributed by atoms with van der Waals surface area (Å²) in [7, 11) is -3.95. The fourth-order valence-electron chi connectivity index (χ4n) is 3.27. The van der Waals surface area contributed by atoms with Gasteiger partial charge < -0.3 is 9.15 Å². The summed E-state index contributed by atoms with van der Waals surface area (Å²) in [6.45, 7) is 0. The zero-order chi connectivity index (χ0) is 25.1. The molecule has 0 aliphatic heterocycles. The molecule has 0 saturated heterocycles. The van der Waals surface area contributed by atoms with Gasteiger partial charge in [-0.25, -0.2) is 18.4 Å². The number of benzene rings is 1. The molecule has 36 heavy (non-hydrogen) atoms. The molecule has 0 bridgehead atoms. The van der Waals surface area contributed by atoms with Crippen molar-refractivity contribution in [2.45, 2.75) is 4.90 Å². The van der Waals surface area contributed by atoms with Crippen molar-refractivity contribution >= 4 is 26.5 Å². The summed E-state index contributed by atoms with van der Waals surface area (Å²) < 4.78 is 52.2. The number of rotatable bonds is 7. The van der Waals surface area contributed by atoms with Gasteiger partial charge in [-0.3, -0.25) is 9.71 Å². The first-order valence-electron chi connectivity index (χ1n) is 10.2. The molecule has 9 nitrogen and oxygen atoms in total. The van der Waals surface area contributed by atoms with E-state index in [0.717, 1.165) is 11.3 Å². The molecule has 0 amide bonds. The number of ether oxygens (including phenoxy) is 1. The third kappa shape index (κ3) is 4.78. The van der Waals surface area contributed by atoms with Crippen molar-refractivity contribution in [3.63, 3.8) is 0 Å². The van der Waals surface area contributed by atoms with E-state index in [-0.39, 0.29) is 21.3 Å². The monoisotopic (exact) mass is 519 g/mol. The summed E-state index contributed by atoms with van der Waals surface area (Å²) in [5.74, 6) is -0.179. The normalized spacial score (nSPS) is 11.1. The van der Waals surface area contributed by atoms with E-state index in [0.29, 0.717) is 28.1 Å². The number of hydrogen-bond donors (Lipinski definition) is 1. The number of anilines is 1. The van der Waals surface area contributed by atoms with Crippen LogP contribution in [0.3, 0.4) is 0 Å². The molecular formula is C24H14FN5O4S2. The van der Waals surface area contributed by atoms with E-state index in [1.54, 1.807) is 23.6 Å². The van der Waals surface area contributed by atoms with Gasteiger partial charge in [0.05, 0.1) is 34.9 Å². The number of pyridine rings is 2. The summed E-state index contributed by atoms with van der Waals surface area (Å²) >= 11 is 1.13. The van der Waals surface area contributed by atoms with Crippen LogP contribution in [-0.4, -0.2) is 23.4 Å². The van der Waals surface area contributed by atoms with Crippen molar-refractivity contribution in [1.29, 1.82) is 5.26 Å². The van der Waals surface area contributed by atoms with Gasteiger partial charge in [0.2, 0.25) is 5.95 Å². The second kappa shape index (κ2) is 9.57. The van der Waals surface area contributed by atoms with Crippen molar-refractivity contribution in [1.82, 2.24) is 15.0 Å². The Kier molecular flexibility index (Phi) is 6.16. The van der Waals surface area contributed by atoms with Gasteiger partial charge in [-0.2, -0.15) is 9.65 Å². The van der Waals surface area contributed by atoms with Gasteiger partial charge in [0.25, 0.3) is 10.0 Å². The summed E-state index contributed by atoms with van der Waals surface area (Å²) in [5, 5.41) is 11.5. The lowest BCUT2D eigenvalue weighted by Gasteiger charge is -2.13. The Balaban J connectivity index is 1.50. The molecule has 1 aromatic carbocycles. The number of nitrogens with zero attached hydrogens (tertiary/aromatic N) is 4. The molecule has 0 fully saturated rings. The zero-order valence-electron chi connectivity index (χ0n) is 18.1. The van der Waals surface area contributed by atoms with Crippen molar-refractivity contribution in [3.05, 3.63) is 90.5 Å². The average Bonchev–Trinajstić information content (AvgIpc) is 3.59. The molecule has 0 aliphatic rings. The topological polar surface area (TPSA) is 131 Å². The number of hydrogen-bond acceptors (Lipinski definition) is 9. The van der Waals surface area contributed by atoms with Crippen LogP contribution in [0.25, 0.3) is 22.4 Å². The van der Waals surface area contributed by atoms with Crippen LogP contribution in [0, 0.1) is 17.3 Å². The summed E-state index contributed by atoms with van der Waals surface area (Å²) in [5.41, 5.74) is 2.37. The maximum Gasteiger partial charge on any atom is 0.263 e. The van der Waals surface area contributed by atoms with E-state index in [1.807, 2.05) is 6.07 Å². The molecule has 0 saturated carbocycles. The number of nitriles is 1. The Morgan fingerprint density at radius 2 is 1.92 bits per heavy atom. The smallest absolute Gasteiger partial charge is 0.263 e. The van der Waals surface area contributed by atoms with Gasteiger partial charge in [-0.05, 0) is 42.5 Å². The third-order valence-corrected chi connectivity index (χ3v) is 7.13. The Morgan fingerprint density at radius 1 is 1.03 bits per heavy atom. The fraction of sp³-hybridized carbons (Fsp3) is 0. The van der Waals surface area contributed by atoms with Crippen LogP contribution in [-0.2, 0) is 10.0 Å². The molecular weight excluding hydrogens is 505 g/mol. The molecule has 5 aromatic rings. The van der Waals surface area contributed by atoms with Crippen molar-refractivity contribution in [2.75, 3.05) is 4.72 Å². The zero-order valence-corrected chi connectivity index (χ0v) is 19.8. The predicted octanol–water partition coefficient (Wildman–Crippen LogP) is 5.46. The van der Waals surface area contributed by atoms with Gasteiger partial charge in [-0.15, -0.1) is 11.3 Å². The maximum atomic E-state index is 13.2. The molecule has 0 aliphatic carbocycles. The van der Waals surface area contributed by atoms with E-state index in [1.165, 1.54) is 55.4 Å². The molecule has 5 rings (SSSR count). The highest BCUT2D eigenvalue weighted by Gasteiger charge is 2.20. The number of thiazole rings is 1. The first-order chi connectivity index (χ1) is 17.4. The molecule has 4 heterocycles. The highest BCUT2D eigenvalue weighted by atomic mass is 32.2. The number of furan rings is 1. The minimum Gasteiger partial charge on any atom is -0.472 e.